The van der Waals surface area contributed by atoms with Crippen LogP contribution in [0.15, 0.2) is 36.8 Å². The molecule has 1 aliphatic heterocycles. The topological polar surface area (TPSA) is 79.0 Å². The van der Waals surface area contributed by atoms with E-state index >= 15 is 0 Å². The number of benzene rings is 1. The Kier molecular flexibility index (Phi) is 3.76. The lowest BCUT2D eigenvalue weighted by atomic mass is 10.1. The minimum absolute atomic E-state index is 0.119. The molecule has 1 atom stereocenters. The number of rotatable bonds is 3. The number of imidazole rings is 1. The molecular formula is C14H16N4O2. The minimum Gasteiger partial charge on any atom is -0.366 e. The van der Waals surface area contributed by atoms with Gasteiger partial charge in [-0.1, -0.05) is 12.1 Å². The number of nitrogens with one attached hydrogen (secondary N) is 3. The predicted octanol–water partition coefficient (Wildman–Crippen LogP) is 1.00. The first-order valence-corrected chi connectivity index (χ1v) is 6.55. The Morgan fingerprint density at radius 3 is 2.85 bits per heavy atom. The van der Waals surface area contributed by atoms with E-state index in [1.54, 1.807) is 12.5 Å². The third kappa shape index (κ3) is 2.87. The van der Waals surface area contributed by atoms with Crippen molar-refractivity contribution in [2.45, 2.75) is 6.10 Å². The average molecular weight is 272 g/mol. The molecule has 1 amide bonds. The molecule has 1 unspecified atom stereocenters. The summed E-state index contributed by atoms with van der Waals surface area (Å²) < 4.78 is 5.41. The van der Waals surface area contributed by atoms with Crippen molar-refractivity contribution in [2.24, 2.45) is 0 Å². The van der Waals surface area contributed by atoms with Gasteiger partial charge in [-0.3, -0.25) is 4.79 Å². The van der Waals surface area contributed by atoms with Crippen LogP contribution in [0.25, 0.3) is 11.3 Å². The second-order valence-electron chi connectivity index (χ2n) is 4.60. The number of amides is 1. The molecule has 20 heavy (non-hydrogen) atoms. The van der Waals surface area contributed by atoms with Crippen molar-refractivity contribution in [3.63, 3.8) is 0 Å². The van der Waals surface area contributed by atoms with E-state index in [1.165, 1.54) is 0 Å². The van der Waals surface area contributed by atoms with Crippen molar-refractivity contribution in [2.75, 3.05) is 25.0 Å². The zero-order valence-corrected chi connectivity index (χ0v) is 10.9. The summed E-state index contributed by atoms with van der Waals surface area (Å²) in [6, 6.07) is 7.60. The van der Waals surface area contributed by atoms with Crippen molar-refractivity contribution >= 4 is 11.6 Å². The Bertz CT molecular complexity index is 559. The molecule has 1 aromatic carbocycles. The van der Waals surface area contributed by atoms with Crippen LogP contribution in [0, 0.1) is 0 Å². The number of aromatic amines is 1. The molecule has 1 aromatic heterocycles. The number of H-pyrrole nitrogens is 1. The number of hydrogen-bond acceptors (Lipinski definition) is 4. The van der Waals surface area contributed by atoms with Gasteiger partial charge in [0.1, 0.15) is 6.10 Å². The smallest absolute Gasteiger partial charge is 0.254 e. The molecular weight excluding hydrogens is 256 g/mol. The largest absolute Gasteiger partial charge is 0.366 e. The maximum atomic E-state index is 12.0. The van der Waals surface area contributed by atoms with Gasteiger partial charge in [0.2, 0.25) is 0 Å². The van der Waals surface area contributed by atoms with Gasteiger partial charge in [0.05, 0.1) is 24.8 Å². The van der Waals surface area contributed by atoms with E-state index in [1.807, 2.05) is 24.3 Å². The molecule has 0 radical (unpaired) electrons. The van der Waals surface area contributed by atoms with Crippen molar-refractivity contribution in [3.05, 3.63) is 36.8 Å². The first-order valence-electron chi connectivity index (χ1n) is 6.55. The van der Waals surface area contributed by atoms with E-state index < -0.39 is 6.10 Å². The van der Waals surface area contributed by atoms with E-state index in [9.17, 15) is 4.79 Å². The zero-order valence-electron chi connectivity index (χ0n) is 10.9. The van der Waals surface area contributed by atoms with Crippen molar-refractivity contribution in [3.8, 4) is 11.3 Å². The molecule has 2 heterocycles. The minimum atomic E-state index is -0.420. The Morgan fingerprint density at radius 2 is 2.20 bits per heavy atom. The van der Waals surface area contributed by atoms with Gasteiger partial charge in [0.25, 0.3) is 5.91 Å². The summed E-state index contributed by atoms with van der Waals surface area (Å²) in [4.78, 5) is 19.0. The summed E-state index contributed by atoms with van der Waals surface area (Å²) in [6.07, 6.45) is 2.98. The van der Waals surface area contributed by atoms with Gasteiger partial charge < -0.3 is 20.4 Å². The summed E-state index contributed by atoms with van der Waals surface area (Å²) >= 11 is 0. The number of aromatic nitrogens is 2. The van der Waals surface area contributed by atoms with E-state index in [0.29, 0.717) is 13.2 Å². The van der Waals surface area contributed by atoms with E-state index in [2.05, 4.69) is 20.6 Å². The summed E-state index contributed by atoms with van der Waals surface area (Å²) in [5.41, 5.74) is 2.73. The van der Waals surface area contributed by atoms with Gasteiger partial charge in [0.15, 0.2) is 0 Å². The normalized spacial score (nSPS) is 18.7. The number of carbonyl (C=O) groups excluding carboxylic acids is 1. The quantitative estimate of drug-likeness (QED) is 0.779. The Hall–Kier alpha value is -2.18. The molecule has 2 aromatic rings. The SMILES string of the molecule is O=C(Nc1ccc(-c2cnc[nH]2)cc1)C1CNCCO1. The van der Waals surface area contributed by atoms with Crippen LogP contribution in [0.1, 0.15) is 0 Å². The highest BCUT2D eigenvalue weighted by Gasteiger charge is 2.21. The molecule has 1 aliphatic rings. The fourth-order valence-corrected chi connectivity index (χ4v) is 2.10. The van der Waals surface area contributed by atoms with Crippen LogP contribution in [0.5, 0.6) is 0 Å². The van der Waals surface area contributed by atoms with Crippen LogP contribution in [-0.4, -0.2) is 41.7 Å². The van der Waals surface area contributed by atoms with Crippen LogP contribution in [-0.2, 0) is 9.53 Å². The van der Waals surface area contributed by atoms with Gasteiger partial charge in [-0.25, -0.2) is 4.98 Å². The molecule has 0 saturated carbocycles. The van der Waals surface area contributed by atoms with Gasteiger partial charge in [-0.2, -0.15) is 0 Å². The summed E-state index contributed by atoms with van der Waals surface area (Å²) in [6.45, 7) is 1.91. The molecule has 0 spiro atoms. The maximum Gasteiger partial charge on any atom is 0.254 e. The molecule has 6 heteroatoms. The highest BCUT2D eigenvalue weighted by Crippen LogP contribution is 2.19. The monoisotopic (exact) mass is 272 g/mol. The number of morpholine rings is 1. The second-order valence-corrected chi connectivity index (χ2v) is 4.60. The van der Waals surface area contributed by atoms with E-state index in [4.69, 9.17) is 4.74 Å². The summed E-state index contributed by atoms with van der Waals surface area (Å²) in [7, 11) is 0. The third-order valence-corrected chi connectivity index (χ3v) is 3.18. The fraction of sp³-hybridized carbons (Fsp3) is 0.286. The second kappa shape index (κ2) is 5.85. The van der Waals surface area contributed by atoms with Crippen molar-refractivity contribution in [1.82, 2.24) is 15.3 Å². The summed E-state index contributed by atoms with van der Waals surface area (Å²) in [5, 5.41) is 5.99. The van der Waals surface area contributed by atoms with E-state index in [-0.39, 0.29) is 5.91 Å². The van der Waals surface area contributed by atoms with Crippen LogP contribution < -0.4 is 10.6 Å². The van der Waals surface area contributed by atoms with Gasteiger partial charge in [-0.05, 0) is 17.7 Å². The first kappa shape index (κ1) is 12.8. The standard InChI is InChI=1S/C14H16N4O2/c19-14(13-8-15-5-6-20-13)18-11-3-1-10(2-4-11)12-7-16-9-17-12/h1-4,7,9,13,15H,5-6,8H2,(H,16,17)(H,18,19). The van der Waals surface area contributed by atoms with Crippen LogP contribution in [0.3, 0.4) is 0 Å². The number of carbonyl (C=O) groups is 1. The average Bonchev–Trinajstić information content (AvgIpc) is 3.03. The predicted molar refractivity (Wildman–Crippen MR) is 75.3 cm³/mol. The zero-order chi connectivity index (χ0) is 13.8. The third-order valence-electron chi connectivity index (χ3n) is 3.18. The highest BCUT2D eigenvalue weighted by atomic mass is 16.5. The highest BCUT2D eigenvalue weighted by molar-refractivity contribution is 5.94. The number of ether oxygens (including phenoxy) is 1. The van der Waals surface area contributed by atoms with Gasteiger partial charge in [0, 0.05) is 18.8 Å². The van der Waals surface area contributed by atoms with Gasteiger partial charge >= 0.3 is 0 Å². The fourth-order valence-electron chi connectivity index (χ4n) is 2.10. The number of nitrogens with zero attached hydrogens (tertiary/aromatic N) is 1. The van der Waals surface area contributed by atoms with Crippen LogP contribution in [0.2, 0.25) is 0 Å². The lowest BCUT2D eigenvalue weighted by molar-refractivity contribution is -0.128. The lowest BCUT2D eigenvalue weighted by Crippen LogP contribution is -2.45. The Labute approximate surface area is 116 Å². The maximum absolute atomic E-state index is 12.0. The Balaban J connectivity index is 1.64. The van der Waals surface area contributed by atoms with Crippen LogP contribution >= 0.6 is 0 Å². The summed E-state index contributed by atoms with van der Waals surface area (Å²) in [5.74, 6) is -0.119. The van der Waals surface area contributed by atoms with Crippen molar-refractivity contribution < 1.29 is 9.53 Å². The lowest BCUT2D eigenvalue weighted by Gasteiger charge is -2.22. The number of hydrogen-bond donors (Lipinski definition) is 3. The molecule has 0 aliphatic carbocycles. The molecule has 0 bridgehead atoms. The molecule has 1 fully saturated rings. The van der Waals surface area contributed by atoms with Gasteiger partial charge in [-0.15, -0.1) is 0 Å². The molecule has 3 N–H and O–H groups in total. The van der Waals surface area contributed by atoms with Crippen molar-refractivity contribution in [1.29, 1.82) is 0 Å². The molecule has 6 nitrogen and oxygen atoms in total. The first-order chi connectivity index (χ1) is 9.83. The molecule has 1 saturated heterocycles. The molecule has 3 rings (SSSR count). The molecule has 104 valence electrons. The number of anilines is 1. The van der Waals surface area contributed by atoms with E-state index in [0.717, 1.165) is 23.5 Å². The van der Waals surface area contributed by atoms with Crippen LogP contribution in [0.4, 0.5) is 5.69 Å². The Morgan fingerprint density at radius 1 is 1.35 bits per heavy atom.